The number of amides is 2. The highest BCUT2D eigenvalue weighted by Gasteiger charge is 2.29. The van der Waals surface area contributed by atoms with Crippen LogP contribution in [0, 0.1) is 5.92 Å². The quantitative estimate of drug-likeness (QED) is 0.527. The number of hydrogen-bond acceptors (Lipinski definition) is 7. The zero-order chi connectivity index (χ0) is 25.2. The normalized spacial score (nSPS) is 15.1. The van der Waals surface area contributed by atoms with E-state index in [9.17, 15) is 14.4 Å². The third-order valence-corrected chi connectivity index (χ3v) is 5.58. The van der Waals surface area contributed by atoms with Crippen molar-refractivity contribution in [1.29, 1.82) is 0 Å². The first-order chi connectivity index (χ1) is 16.8. The molecule has 0 radical (unpaired) electrons. The van der Waals surface area contributed by atoms with Crippen LogP contribution in [-0.2, 0) is 30.4 Å². The fourth-order valence-electron chi connectivity index (χ4n) is 3.51. The zero-order valence-electron chi connectivity index (χ0n) is 20.4. The second-order valence-corrected chi connectivity index (χ2v) is 8.64. The number of benzene rings is 2. The first-order valence-electron chi connectivity index (χ1n) is 11.7. The lowest BCUT2D eigenvalue weighted by molar-refractivity contribution is -0.156. The molecule has 0 bridgehead atoms. The van der Waals surface area contributed by atoms with Gasteiger partial charge in [-0.3, -0.25) is 4.79 Å². The highest BCUT2D eigenvalue weighted by molar-refractivity contribution is 5.95. The van der Waals surface area contributed by atoms with Gasteiger partial charge in [0.15, 0.2) is 6.10 Å². The Balaban J connectivity index is 1.48. The maximum Gasteiger partial charge on any atom is 0.408 e. The molecule has 2 aromatic carbocycles. The summed E-state index contributed by atoms with van der Waals surface area (Å²) in [6, 6.07) is 15.7. The van der Waals surface area contributed by atoms with Crippen LogP contribution in [0.15, 0.2) is 54.6 Å². The fourth-order valence-corrected chi connectivity index (χ4v) is 3.51. The van der Waals surface area contributed by atoms with E-state index in [0.717, 1.165) is 24.3 Å². The van der Waals surface area contributed by atoms with E-state index in [2.05, 4.69) is 15.5 Å². The number of nitrogens with one attached hydrogen (secondary N) is 2. The summed E-state index contributed by atoms with van der Waals surface area (Å²) in [6.45, 7) is 8.13. The number of morpholine rings is 1. The Kier molecular flexibility index (Phi) is 9.48. The van der Waals surface area contributed by atoms with Gasteiger partial charge < -0.3 is 29.7 Å². The number of alkyl carbamates (subject to hydrolysis) is 1. The van der Waals surface area contributed by atoms with Crippen molar-refractivity contribution in [2.45, 2.75) is 39.5 Å². The number of hydrogen-bond donors (Lipinski definition) is 2. The summed E-state index contributed by atoms with van der Waals surface area (Å²) in [5.74, 6) is -1.44. The maximum absolute atomic E-state index is 12.7. The van der Waals surface area contributed by atoms with Gasteiger partial charge in [-0.25, -0.2) is 9.59 Å². The molecule has 3 rings (SSSR count). The van der Waals surface area contributed by atoms with E-state index in [-0.39, 0.29) is 12.5 Å². The lowest BCUT2D eigenvalue weighted by Gasteiger charge is -2.29. The summed E-state index contributed by atoms with van der Waals surface area (Å²) >= 11 is 0. The second kappa shape index (κ2) is 12.8. The van der Waals surface area contributed by atoms with Crippen LogP contribution >= 0.6 is 0 Å². The van der Waals surface area contributed by atoms with Crippen molar-refractivity contribution in [1.82, 2.24) is 5.32 Å². The molecule has 0 aliphatic carbocycles. The van der Waals surface area contributed by atoms with Gasteiger partial charge in [0.2, 0.25) is 0 Å². The smallest absolute Gasteiger partial charge is 0.408 e. The Morgan fingerprint density at radius 2 is 1.63 bits per heavy atom. The fraction of sp³-hybridized carbons (Fsp3) is 0.423. The predicted molar refractivity (Wildman–Crippen MR) is 132 cm³/mol. The molecule has 0 saturated carbocycles. The molecule has 9 nitrogen and oxygen atoms in total. The van der Waals surface area contributed by atoms with Gasteiger partial charge in [-0.15, -0.1) is 0 Å². The monoisotopic (exact) mass is 483 g/mol. The molecule has 9 heteroatoms. The van der Waals surface area contributed by atoms with Gasteiger partial charge in [0.1, 0.15) is 12.6 Å². The molecule has 1 aliphatic rings. The van der Waals surface area contributed by atoms with Gasteiger partial charge in [0.25, 0.3) is 5.91 Å². The minimum absolute atomic E-state index is 0.0790. The average molecular weight is 484 g/mol. The van der Waals surface area contributed by atoms with E-state index in [0.29, 0.717) is 18.9 Å². The van der Waals surface area contributed by atoms with Gasteiger partial charge >= 0.3 is 12.1 Å². The summed E-state index contributed by atoms with van der Waals surface area (Å²) in [5, 5.41) is 5.29. The van der Waals surface area contributed by atoms with Crippen LogP contribution in [0.1, 0.15) is 26.3 Å². The van der Waals surface area contributed by atoms with E-state index >= 15 is 0 Å². The summed E-state index contributed by atoms with van der Waals surface area (Å²) in [5.41, 5.74) is 2.48. The molecular formula is C26H33N3O6. The van der Waals surface area contributed by atoms with Crippen molar-refractivity contribution in [3.05, 3.63) is 60.2 Å². The van der Waals surface area contributed by atoms with Crippen molar-refractivity contribution >= 4 is 29.3 Å². The zero-order valence-corrected chi connectivity index (χ0v) is 20.4. The van der Waals surface area contributed by atoms with E-state index in [1.807, 2.05) is 42.5 Å². The first kappa shape index (κ1) is 26.0. The van der Waals surface area contributed by atoms with E-state index in [1.165, 1.54) is 6.92 Å². The van der Waals surface area contributed by atoms with Gasteiger partial charge in [-0.1, -0.05) is 44.2 Å². The third-order valence-electron chi connectivity index (χ3n) is 5.58. The van der Waals surface area contributed by atoms with Crippen LogP contribution in [-0.4, -0.2) is 56.4 Å². The number of anilines is 2. The molecule has 2 aromatic rings. The van der Waals surface area contributed by atoms with E-state index < -0.39 is 30.1 Å². The summed E-state index contributed by atoms with van der Waals surface area (Å²) < 4.78 is 15.9. The number of nitrogens with zero attached hydrogens (tertiary/aromatic N) is 1. The highest BCUT2D eigenvalue weighted by atomic mass is 16.6. The van der Waals surface area contributed by atoms with Gasteiger partial charge in [-0.2, -0.15) is 0 Å². The molecule has 2 N–H and O–H groups in total. The van der Waals surface area contributed by atoms with Gasteiger partial charge in [0.05, 0.1) is 13.2 Å². The van der Waals surface area contributed by atoms with Crippen molar-refractivity contribution in [2.24, 2.45) is 5.92 Å². The first-order valence-corrected chi connectivity index (χ1v) is 11.7. The molecular weight excluding hydrogens is 450 g/mol. The number of carbonyl (C=O) groups is 3. The molecule has 2 amide bonds. The molecule has 1 aliphatic heterocycles. The van der Waals surface area contributed by atoms with Crippen molar-refractivity contribution < 1.29 is 28.6 Å². The molecule has 1 heterocycles. The number of ether oxygens (including phenoxy) is 3. The standard InChI is InChI=1S/C26H33N3O6/c1-18(2)23(28-26(32)34-17-20-7-5-4-6-8-20)25(31)35-19(3)24(30)27-21-9-11-22(12-10-21)29-13-15-33-16-14-29/h4-12,18-19,23H,13-17H2,1-3H3,(H,27,30)(H,28,32)/t19-,23-/m0/s1. The van der Waals surface area contributed by atoms with Crippen LogP contribution in [0.25, 0.3) is 0 Å². The summed E-state index contributed by atoms with van der Waals surface area (Å²) in [7, 11) is 0. The Hall–Kier alpha value is -3.59. The maximum atomic E-state index is 12.7. The Morgan fingerprint density at radius 1 is 0.971 bits per heavy atom. The topological polar surface area (TPSA) is 106 Å². The lowest BCUT2D eigenvalue weighted by Crippen LogP contribution is -2.47. The van der Waals surface area contributed by atoms with Crippen molar-refractivity contribution in [3.63, 3.8) is 0 Å². The van der Waals surface area contributed by atoms with Crippen molar-refractivity contribution in [3.8, 4) is 0 Å². The van der Waals surface area contributed by atoms with Crippen LogP contribution in [0.3, 0.4) is 0 Å². The molecule has 0 spiro atoms. The number of carbonyl (C=O) groups excluding carboxylic acids is 3. The molecule has 2 atom stereocenters. The minimum atomic E-state index is -1.05. The molecule has 1 fully saturated rings. The van der Waals surface area contributed by atoms with Crippen molar-refractivity contribution in [2.75, 3.05) is 36.5 Å². The number of rotatable bonds is 9. The van der Waals surface area contributed by atoms with E-state index in [1.54, 1.807) is 26.0 Å². The summed E-state index contributed by atoms with van der Waals surface area (Å²) in [4.78, 5) is 39.7. The van der Waals surface area contributed by atoms with Crippen LogP contribution < -0.4 is 15.5 Å². The largest absolute Gasteiger partial charge is 0.451 e. The number of esters is 1. The molecule has 0 aromatic heterocycles. The van der Waals surface area contributed by atoms with Gasteiger partial charge in [-0.05, 0) is 42.7 Å². The second-order valence-electron chi connectivity index (χ2n) is 8.64. The van der Waals surface area contributed by atoms with Crippen LogP contribution in [0.2, 0.25) is 0 Å². The van der Waals surface area contributed by atoms with Crippen LogP contribution in [0.5, 0.6) is 0 Å². The Morgan fingerprint density at radius 3 is 2.26 bits per heavy atom. The minimum Gasteiger partial charge on any atom is -0.451 e. The molecule has 188 valence electrons. The van der Waals surface area contributed by atoms with Gasteiger partial charge in [0, 0.05) is 24.5 Å². The van der Waals surface area contributed by atoms with E-state index in [4.69, 9.17) is 14.2 Å². The lowest BCUT2D eigenvalue weighted by atomic mass is 10.1. The molecule has 0 unspecified atom stereocenters. The molecule has 35 heavy (non-hydrogen) atoms. The highest BCUT2D eigenvalue weighted by Crippen LogP contribution is 2.19. The Labute approximate surface area is 205 Å². The summed E-state index contributed by atoms with van der Waals surface area (Å²) in [6.07, 6.45) is -1.79. The third kappa shape index (κ3) is 7.99. The van der Waals surface area contributed by atoms with Crippen LogP contribution in [0.4, 0.5) is 16.2 Å². The SMILES string of the molecule is CC(C)[C@H](NC(=O)OCc1ccccc1)C(=O)O[C@@H](C)C(=O)Nc1ccc(N2CCOCC2)cc1. The Bertz CT molecular complexity index is 974. The molecule has 1 saturated heterocycles. The predicted octanol–water partition coefficient (Wildman–Crippen LogP) is 3.34. The average Bonchev–Trinajstić information content (AvgIpc) is 2.87.